The number of para-hydroxylation sites is 1. The van der Waals surface area contributed by atoms with Crippen LogP contribution in [-0.4, -0.2) is 33.8 Å². The Hall–Kier alpha value is -2.56. The lowest BCUT2D eigenvalue weighted by Gasteiger charge is -2.48. The third-order valence-corrected chi connectivity index (χ3v) is 4.37. The van der Waals surface area contributed by atoms with Gasteiger partial charge in [0.15, 0.2) is 0 Å². The van der Waals surface area contributed by atoms with E-state index in [0.717, 1.165) is 16.6 Å². The van der Waals surface area contributed by atoms with Crippen molar-refractivity contribution in [3.63, 3.8) is 0 Å². The molecule has 2 amide bonds. The highest BCUT2D eigenvalue weighted by atomic mass is 16.2. The number of H-pyrrole nitrogens is 1. The number of rotatable bonds is 4. The van der Waals surface area contributed by atoms with E-state index in [1.807, 2.05) is 30.3 Å². The van der Waals surface area contributed by atoms with E-state index in [-0.39, 0.29) is 11.8 Å². The third kappa shape index (κ3) is 2.28. The summed E-state index contributed by atoms with van der Waals surface area (Å²) < 4.78 is 0. The van der Waals surface area contributed by atoms with Gasteiger partial charge in [-0.1, -0.05) is 24.8 Å². The highest BCUT2D eigenvalue weighted by molar-refractivity contribution is 5.96. The fourth-order valence-corrected chi connectivity index (χ4v) is 2.85. The molecule has 2 heterocycles. The van der Waals surface area contributed by atoms with Gasteiger partial charge in [0.1, 0.15) is 5.54 Å². The van der Waals surface area contributed by atoms with Crippen LogP contribution in [0, 0.1) is 0 Å². The first-order valence-corrected chi connectivity index (χ1v) is 7.33. The van der Waals surface area contributed by atoms with Gasteiger partial charge in [-0.05, 0) is 36.9 Å². The number of nitrogens with one attached hydrogen (secondary N) is 2. The molecule has 1 aromatic carbocycles. The summed E-state index contributed by atoms with van der Waals surface area (Å²) in [6, 6.07) is 9.99. The van der Waals surface area contributed by atoms with E-state index in [4.69, 9.17) is 0 Å². The smallest absolute Gasteiger partial charge is 0.246 e. The molecule has 1 fully saturated rings. The molecule has 0 bridgehead atoms. The maximum absolute atomic E-state index is 12.4. The van der Waals surface area contributed by atoms with Crippen LogP contribution >= 0.6 is 0 Å². The Bertz CT molecular complexity index is 716. The van der Waals surface area contributed by atoms with E-state index < -0.39 is 5.54 Å². The Balaban J connectivity index is 1.67. The van der Waals surface area contributed by atoms with Crippen LogP contribution in [0.5, 0.6) is 0 Å². The predicted octanol–water partition coefficient (Wildman–Crippen LogP) is 1.96. The molecular weight excluding hydrogens is 278 g/mol. The lowest BCUT2D eigenvalue weighted by molar-refractivity contribution is -0.154. The second-order valence-electron chi connectivity index (χ2n) is 5.78. The van der Waals surface area contributed by atoms with Crippen molar-refractivity contribution in [2.24, 2.45) is 0 Å². The number of carbonyl (C=O) groups is 2. The molecule has 5 heteroatoms. The van der Waals surface area contributed by atoms with Crippen molar-refractivity contribution < 1.29 is 9.59 Å². The van der Waals surface area contributed by atoms with Crippen LogP contribution in [0.2, 0.25) is 0 Å². The molecule has 5 nitrogen and oxygen atoms in total. The summed E-state index contributed by atoms with van der Waals surface area (Å²) in [6.07, 6.45) is 1.92. The van der Waals surface area contributed by atoms with Gasteiger partial charge in [0.2, 0.25) is 11.8 Å². The third-order valence-electron chi connectivity index (χ3n) is 4.37. The number of aromatic amines is 1. The Labute approximate surface area is 129 Å². The fourth-order valence-electron chi connectivity index (χ4n) is 2.85. The molecule has 2 N–H and O–H groups in total. The second-order valence-corrected chi connectivity index (χ2v) is 5.78. The van der Waals surface area contributed by atoms with Gasteiger partial charge in [-0.2, -0.15) is 0 Å². The monoisotopic (exact) mass is 297 g/mol. The van der Waals surface area contributed by atoms with Crippen LogP contribution in [0.3, 0.4) is 0 Å². The fraction of sp³-hybridized carbons (Fsp3) is 0.294. The number of carbonyl (C=O) groups excluding carboxylic acids is 2. The minimum atomic E-state index is -0.767. The van der Waals surface area contributed by atoms with E-state index in [1.54, 1.807) is 11.8 Å². The molecule has 3 rings (SSSR count). The van der Waals surface area contributed by atoms with Crippen molar-refractivity contribution in [1.29, 1.82) is 0 Å². The number of hydrogen-bond donors (Lipinski definition) is 2. The first-order valence-electron chi connectivity index (χ1n) is 7.33. The molecule has 0 aliphatic carbocycles. The van der Waals surface area contributed by atoms with Gasteiger partial charge in [0.05, 0.1) is 6.54 Å². The minimum Gasteiger partial charge on any atom is -0.357 e. The van der Waals surface area contributed by atoms with Crippen molar-refractivity contribution >= 4 is 22.7 Å². The van der Waals surface area contributed by atoms with Crippen LogP contribution in [0.25, 0.3) is 10.9 Å². The number of hydrogen-bond acceptors (Lipinski definition) is 2. The Morgan fingerprint density at radius 2 is 2.23 bits per heavy atom. The number of nitrogens with zero attached hydrogens (tertiary/aromatic N) is 1. The van der Waals surface area contributed by atoms with Crippen LogP contribution in [-0.2, 0) is 16.1 Å². The molecule has 0 radical (unpaired) electrons. The van der Waals surface area contributed by atoms with Crippen LogP contribution in [0.4, 0.5) is 0 Å². The van der Waals surface area contributed by atoms with Crippen molar-refractivity contribution in [3.05, 3.63) is 48.7 Å². The lowest BCUT2D eigenvalue weighted by Crippen LogP contribution is -2.67. The van der Waals surface area contributed by atoms with E-state index in [0.29, 0.717) is 19.5 Å². The first-order chi connectivity index (χ1) is 10.5. The van der Waals surface area contributed by atoms with Gasteiger partial charge in [0, 0.05) is 17.8 Å². The molecule has 1 atom stereocenters. The zero-order chi connectivity index (χ0) is 15.7. The summed E-state index contributed by atoms with van der Waals surface area (Å²) in [4.78, 5) is 29.0. The van der Waals surface area contributed by atoms with Gasteiger partial charge in [-0.25, -0.2) is 0 Å². The van der Waals surface area contributed by atoms with Crippen molar-refractivity contribution in [2.45, 2.75) is 25.4 Å². The maximum Gasteiger partial charge on any atom is 0.246 e. The van der Waals surface area contributed by atoms with Crippen LogP contribution < -0.4 is 5.32 Å². The predicted molar refractivity (Wildman–Crippen MR) is 85.1 cm³/mol. The zero-order valence-electron chi connectivity index (χ0n) is 12.6. The number of likely N-dealkylation sites (tertiary alicyclic amines) is 1. The minimum absolute atomic E-state index is 0.132. The van der Waals surface area contributed by atoms with Crippen molar-refractivity contribution in [2.75, 3.05) is 6.54 Å². The molecule has 22 heavy (non-hydrogen) atoms. The number of aromatic nitrogens is 1. The molecule has 1 unspecified atom stereocenters. The molecule has 1 aliphatic heterocycles. The van der Waals surface area contributed by atoms with Gasteiger partial charge < -0.3 is 15.2 Å². The summed E-state index contributed by atoms with van der Waals surface area (Å²) in [7, 11) is 0. The Morgan fingerprint density at radius 3 is 2.86 bits per heavy atom. The Kier molecular flexibility index (Phi) is 3.48. The number of fused-ring (bicyclic) bond motifs is 1. The molecule has 0 saturated carbocycles. The summed E-state index contributed by atoms with van der Waals surface area (Å²) in [6.45, 7) is 6.28. The lowest BCUT2D eigenvalue weighted by atomic mass is 9.85. The quantitative estimate of drug-likeness (QED) is 0.847. The maximum atomic E-state index is 12.4. The van der Waals surface area contributed by atoms with Gasteiger partial charge in [-0.3, -0.25) is 9.59 Å². The summed E-state index contributed by atoms with van der Waals surface area (Å²) in [5, 5.41) is 4.03. The molecule has 1 saturated heterocycles. The first kappa shape index (κ1) is 14.4. The molecular formula is C17H19N3O2. The Morgan fingerprint density at radius 1 is 1.45 bits per heavy atom. The number of benzene rings is 1. The standard InChI is InChI=1S/C17H19N3O2/c1-3-15(21)20-9-8-17(20,2)16(22)18-11-13-10-12-6-4-5-7-14(12)19-13/h3-7,10,19H,1,8-9,11H2,2H3,(H,18,22). The summed E-state index contributed by atoms with van der Waals surface area (Å²) in [5.74, 6) is -0.331. The van der Waals surface area contributed by atoms with Crippen LogP contribution in [0.1, 0.15) is 19.0 Å². The molecule has 114 valence electrons. The van der Waals surface area contributed by atoms with Crippen molar-refractivity contribution in [1.82, 2.24) is 15.2 Å². The molecule has 0 spiro atoms. The molecule has 1 aliphatic rings. The topological polar surface area (TPSA) is 65.2 Å². The van der Waals surface area contributed by atoms with E-state index in [9.17, 15) is 9.59 Å². The van der Waals surface area contributed by atoms with Gasteiger partial charge in [-0.15, -0.1) is 0 Å². The summed E-state index contributed by atoms with van der Waals surface area (Å²) >= 11 is 0. The van der Waals surface area contributed by atoms with E-state index >= 15 is 0 Å². The largest absolute Gasteiger partial charge is 0.357 e. The highest BCUT2D eigenvalue weighted by Crippen LogP contribution is 2.30. The van der Waals surface area contributed by atoms with E-state index in [2.05, 4.69) is 16.9 Å². The average Bonchev–Trinajstić information content (AvgIpc) is 2.93. The number of amides is 2. The van der Waals surface area contributed by atoms with E-state index in [1.165, 1.54) is 6.08 Å². The molecule has 1 aromatic heterocycles. The second kappa shape index (κ2) is 5.33. The van der Waals surface area contributed by atoms with Crippen LogP contribution in [0.15, 0.2) is 43.0 Å². The average molecular weight is 297 g/mol. The summed E-state index contributed by atoms with van der Waals surface area (Å²) in [5.41, 5.74) is 1.22. The van der Waals surface area contributed by atoms with Gasteiger partial charge in [0.25, 0.3) is 0 Å². The van der Waals surface area contributed by atoms with Gasteiger partial charge >= 0.3 is 0 Å². The van der Waals surface area contributed by atoms with Crippen molar-refractivity contribution in [3.8, 4) is 0 Å². The SMILES string of the molecule is C=CC(=O)N1CCC1(C)C(=O)NCc1cc2ccccc2[nH]1. The zero-order valence-corrected chi connectivity index (χ0v) is 12.6. The highest BCUT2D eigenvalue weighted by Gasteiger charge is 2.48. The normalized spacial score (nSPS) is 20.5. The molecule has 2 aromatic rings.